The Labute approximate surface area is 129 Å². The summed E-state index contributed by atoms with van der Waals surface area (Å²) >= 11 is 0. The number of hydrogen-bond acceptors (Lipinski definition) is 5. The zero-order valence-electron chi connectivity index (χ0n) is 12.9. The number of azide groups is 1. The number of ether oxygens (including phenoxy) is 3. The minimum Gasteiger partial charge on any atom is -0.450 e. The van der Waals surface area contributed by atoms with Crippen LogP contribution in [0.3, 0.4) is 0 Å². The third-order valence-corrected chi connectivity index (χ3v) is 5.04. The van der Waals surface area contributed by atoms with E-state index in [4.69, 9.17) is 19.7 Å². The Hall–Kier alpha value is -1.50. The molecule has 3 rings (SSSR count). The monoisotopic (exact) mass is 310 g/mol. The van der Waals surface area contributed by atoms with Gasteiger partial charge in [-0.1, -0.05) is 5.11 Å². The standard InChI is InChI=1S/C14H22N4O4/c1-2-20-12(19)18-10-11(16-17-15)9-13(18)3-5-14(6-4-13)21-7-8-22-14/h11H,2-10H2,1H3/t11-/m0/s1. The van der Waals surface area contributed by atoms with Gasteiger partial charge in [0.15, 0.2) is 5.79 Å². The fourth-order valence-corrected chi connectivity index (χ4v) is 3.99. The van der Waals surface area contributed by atoms with Gasteiger partial charge in [-0.25, -0.2) is 4.79 Å². The lowest BCUT2D eigenvalue weighted by atomic mass is 9.76. The van der Waals surface area contributed by atoms with Gasteiger partial charge < -0.3 is 19.1 Å². The lowest BCUT2D eigenvalue weighted by Crippen LogP contribution is -2.53. The normalized spacial score (nSPS) is 28.8. The summed E-state index contributed by atoms with van der Waals surface area (Å²) in [5.74, 6) is -0.470. The van der Waals surface area contributed by atoms with Crippen LogP contribution in [0.5, 0.6) is 0 Å². The summed E-state index contributed by atoms with van der Waals surface area (Å²) < 4.78 is 16.7. The molecule has 8 heteroatoms. The second-order valence-corrected chi connectivity index (χ2v) is 6.20. The maximum atomic E-state index is 12.3. The molecule has 3 fully saturated rings. The Balaban J connectivity index is 1.76. The zero-order chi connectivity index (χ0) is 15.6. The SMILES string of the molecule is CCOC(=O)N1C[C@@H](N=[N+]=[N-])CC12CCC1(CC2)OCCO1. The van der Waals surface area contributed by atoms with E-state index in [1.807, 2.05) is 0 Å². The molecule has 1 saturated carbocycles. The van der Waals surface area contributed by atoms with Crippen LogP contribution in [-0.2, 0) is 14.2 Å². The fraction of sp³-hybridized carbons (Fsp3) is 0.929. The summed E-state index contributed by atoms with van der Waals surface area (Å²) in [6.07, 6.45) is 3.44. The molecule has 122 valence electrons. The first-order valence-corrected chi connectivity index (χ1v) is 7.90. The molecule has 0 bridgehead atoms. The third kappa shape index (κ3) is 2.62. The molecule has 8 nitrogen and oxygen atoms in total. The van der Waals surface area contributed by atoms with Crippen molar-refractivity contribution in [3.8, 4) is 0 Å². The van der Waals surface area contributed by atoms with E-state index >= 15 is 0 Å². The number of amides is 1. The zero-order valence-corrected chi connectivity index (χ0v) is 12.9. The molecular weight excluding hydrogens is 288 g/mol. The molecule has 1 atom stereocenters. The summed E-state index contributed by atoms with van der Waals surface area (Å²) in [4.78, 5) is 17.0. The highest BCUT2D eigenvalue weighted by Crippen LogP contribution is 2.48. The van der Waals surface area contributed by atoms with Crippen molar-refractivity contribution in [2.75, 3.05) is 26.4 Å². The lowest BCUT2D eigenvalue weighted by Gasteiger charge is -2.45. The highest BCUT2D eigenvalue weighted by Gasteiger charge is 2.54. The van der Waals surface area contributed by atoms with Crippen LogP contribution in [0.4, 0.5) is 4.79 Å². The van der Waals surface area contributed by atoms with Gasteiger partial charge >= 0.3 is 6.09 Å². The second kappa shape index (κ2) is 5.95. The molecule has 2 spiro atoms. The smallest absolute Gasteiger partial charge is 0.410 e. The van der Waals surface area contributed by atoms with Crippen LogP contribution in [0.15, 0.2) is 5.11 Å². The highest BCUT2D eigenvalue weighted by atomic mass is 16.7. The van der Waals surface area contributed by atoms with E-state index in [1.165, 1.54) is 0 Å². The van der Waals surface area contributed by atoms with Crippen molar-refractivity contribution in [1.82, 2.24) is 4.90 Å². The van der Waals surface area contributed by atoms with Gasteiger partial charge in [0, 0.05) is 29.8 Å². The molecule has 0 radical (unpaired) electrons. The molecule has 0 aromatic heterocycles. The Morgan fingerprint density at radius 2 is 2.05 bits per heavy atom. The number of nitrogens with zero attached hydrogens (tertiary/aromatic N) is 4. The first kappa shape index (κ1) is 15.4. The fourth-order valence-electron chi connectivity index (χ4n) is 3.99. The van der Waals surface area contributed by atoms with Crippen LogP contribution < -0.4 is 0 Å². The summed E-state index contributed by atoms with van der Waals surface area (Å²) in [5.41, 5.74) is 8.39. The quantitative estimate of drug-likeness (QED) is 0.445. The average molecular weight is 310 g/mol. The summed E-state index contributed by atoms with van der Waals surface area (Å²) in [7, 11) is 0. The topological polar surface area (TPSA) is 96.8 Å². The van der Waals surface area contributed by atoms with Gasteiger partial charge in [0.05, 0.1) is 25.9 Å². The molecule has 0 aromatic rings. The van der Waals surface area contributed by atoms with Gasteiger partial charge in [-0.15, -0.1) is 0 Å². The predicted octanol–water partition coefficient (Wildman–Crippen LogP) is 2.58. The van der Waals surface area contributed by atoms with Crippen molar-refractivity contribution in [1.29, 1.82) is 0 Å². The summed E-state index contributed by atoms with van der Waals surface area (Å²) in [6.45, 7) is 3.83. The lowest BCUT2D eigenvalue weighted by molar-refractivity contribution is -0.190. The molecule has 0 N–H and O–H groups in total. The number of carbonyl (C=O) groups excluding carboxylic acids is 1. The first-order valence-electron chi connectivity index (χ1n) is 7.90. The third-order valence-electron chi connectivity index (χ3n) is 5.04. The van der Waals surface area contributed by atoms with Crippen molar-refractivity contribution in [3.63, 3.8) is 0 Å². The van der Waals surface area contributed by atoms with Gasteiger partial charge in [-0.05, 0) is 31.7 Å². The van der Waals surface area contributed by atoms with E-state index in [1.54, 1.807) is 11.8 Å². The van der Waals surface area contributed by atoms with Crippen molar-refractivity contribution < 1.29 is 19.0 Å². The number of carbonyl (C=O) groups is 1. The minimum absolute atomic E-state index is 0.186. The van der Waals surface area contributed by atoms with Crippen molar-refractivity contribution in [2.24, 2.45) is 5.11 Å². The van der Waals surface area contributed by atoms with Crippen molar-refractivity contribution in [3.05, 3.63) is 10.4 Å². The van der Waals surface area contributed by atoms with Crippen LogP contribution in [-0.4, -0.2) is 54.7 Å². The number of rotatable bonds is 2. The first-order chi connectivity index (χ1) is 10.6. The molecule has 0 unspecified atom stereocenters. The maximum Gasteiger partial charge on any atom is 0.410 e. The molecule has 1 aliphatic carbocycles. The van der Waals surface area contributed by atoms with Crippen LogP contribution in [0.2, 0.25) is 0 Å². The average Bonchev–Trinajstić information content (AvgIpc) is 3.09. The summed E-state index contributed by atoms with van der Waals surface area (Å²) in [5, 5.41) is 3.82. The van der Waals surface area contributed by atoms with Gasteiger partial charge in [-0.2, -0.15) is 0 Å². The van der Waals surface area contributed by atoms with E-state index in [9.17, 15) is 4.79 Å². The number of likely N-dealkylation sites (tertiary alicyclic amines) is 1. The molecule has 22 heavy (non-hydrogen) atoms. The van der Waals surface area contributed by atoms with Gasteiger partial charge in [0.25, 0.3) is 0 Å². The Bertz CT molecular complexity index is 475. The van der Waals surface area contributed by atoms with E-state index in [-0.39, 0.29) is 17.7 Å². The summed E-state index contributed by atoms with van der Waals surface area (Å²) in [6, 6.07) is -0.186. The Morgan fingerprint density at radius 3 is 2.64 bits per heavy atom. The van der Waals surface area contributed by atoms with Crippen LogP contribution in [0.1, 0.15) is 39.0 Å². The minimum atomic E-state index is -0.470. The predicted molar refractivity (Wildman–Crippen MR) is 77.1 cm³/mol. The van der Waals surface area contributed by atoms with Crippen molar-refractivity contribution >= 4 is 6.09 Å². The maximum absolute atomic E-state index is 12.3. The molecule has 0 aromatic carbocycles. The molecular formula is C14H22N4O4. The van der Waals surface area contributed by atoms with Gasteiger partial charge in [0.2, 0.25) is 0 Å². The highest BCUT2D eigenvalue weighted by molar-refractivity contribution is 5.69. The van der Waals surface area contributed by atoms with Crippen LogP contribution >= 0.6 is 0 Å². The van der Waals surface area contributed by atoms with Gasteiger partial charge in [0.1, 0.15) is 0 Å². The molecule has 3 aliphatic rings. The van der Waals surface area contributed by atoms with Gasteiger partial charge in [-0.3, -0.25) is 0 Å². The molecule has 1 amide bonds. The van der Waals surface area contributed by atoms with E-state index in [0.29, 0.717) is 32.8 Å². The molecule has 2 aliphatic heterocycles. The second-order valence-electron chi connectivity index (χ2n) is 6.20. The van der Waals surface area contributed by atoms with Crippen LogP contribution in [0.25, 0.3) is 10.4 Å². The van der Waals surface area contributed by atoms with Crippen LogP contribution in [0, 0.1) is 0 Å². The number of hydrogen-bond donors (Lipinski definition) is 0. The van der Waals surface area contributed by atoms with E-state index < -0.39 is 5.79 Å². The Morgan fingerprint density at radius 1 is 1.36 bits per heavy atom. The van der Waals surface area contributed by atoms with E-state index in [2.05, 4.69) is 10.0 Å². The van der Waals surface area contributed by atoms with Crippen molar-refractivity contribution in [2.45, 2.75) is 56.4 Å². The largest absolute Gasteiger partial charge is 0.450 e. The molecule has 2 saturated heterocycles. The van der Waals surface area contributed by atoms with E-state index in [0.717, 1.165) is 25.7 Å². The molecule has 2 heterocycles. The Kier molecular flexibility index (Phi) is 4.16.